The molecular weight excluding hydrogens is 423 g/mol. The molecule has 0 aliphatic rings. The summed E-state index contributed by atoms with van der Waals surface area (Å²) < 4.78 is 0. The number of hydrogen-bond acceptors (Lipinski definition) is 2. The number of benzene rings is 2. The Morgan fingerprint density at radius 3 is 1.97 bits per heavy atom. The zero-order valence-corrected chi connectivity index (χ0v) is 19.8. The van der Waals surface area contributed by atoms with Crippen LogP contribution in [0.1, 0.15) is 64.5 Å². The van der Waals surface area contributed by atoms with Gasteiger partial charge in [0.1, 0.15) is 0 Å². The first kappa shape index (κ1) is 26.2. The Kier molecular flexibility index (Phi) is 12.7. The van der Waals surface area contributed by atoms with Gasteiger partial charge in [-0.15, -0.1) is 11.8 Å². The van der Waals surface area contributed by atoms with Crippen molar-refractivity contribution in [3.05, 3.63) is 71.8 Å². The molecule has 3 heteroatoms. The van der Waals surface area contributed by atoms with Crippen LogP contribution in [0.25, 0.3) is 0 Å². The minimum absolute atomic E-state index is 0. The summed E-state index contributed by atoms with van der Waals surface area (Å²) in [5, 5.41) is 0. The van der Waals surface area contributed by atoms with Crippen molar-refractivity contribution in [2.45, 2.75) is 53.4 Å². The number of rotatable bonds is 8. The van der Waals surface area contributed by atoms with E-state index in [0.29, 0.717) is 0 Å². The Balaban J connectivity index is 0.00000480. The molecule has 0 aliphatic heterocycles. The van der Waals surface area contributed by atoms with E-state index in [1.54, 1.807) is 0 Å². The van der Waals surface area contributed by atoms with Crippen molar-refractivity contribution in [3.8, 4) is 23.7 Å². The van der Waals surface area contributed by atoms with Crippen molar-refractivity contribution >= 4 is 22.8 Å². The van der Waals surface area contributed by atoms with Gasteiger partial charge < -0.3 is 0 Å². The van der Waals surface area contributed by atoms with E-state index < -0.39 is 0 Å². The zero-order valence-electron chi connectivity index (χ0n) is 18.8. The predicted molar refractivity (Wildman–Crippen MR) is 131 cm³/mol. The Morgan fingerprint density at radius 2 is 1.45 bits per heavy atom. The van der Waals surface area contributed by atoms with Crippen molar-refractivity contribution in [3.63, 3.8) is 0 Å². The van der Waals surface area contributed by atoms with Gasteiger partial charge in [-0.2, -0.15) is 0 Å². The third-order valence-electron chi connectivity index (χ3n) is 4.38. The van der Waals surface area contributed by atoms with E-state index in [2.05, 4.69) is 30.6 Å². The quantitative estimate of drug-likeness (QED) is 0.172. The van der Waals surface area contributed by atoms with Gasteiger partial charge in [-0.05, 0) is 76.1 Å². The monoisotopic (exact) mass is 452 g/mol. The second-order valence-electron chi connectivity index (χ2n) is 6.86. The summed E-state index contributed by atoms with van der Waals surface area (Å²) in [5.41, 5.74) is 5.62. The number of nitrogens with zero attached hydrogens (tertiary/aromatic N) is 2. The first-order valence-corrected chi connectivity index (χ1v) is 10.5. The molecule has 0 aromatic heterocycles. The summed E-state index contributed by atoms with van der Waals surface area (Å²) in [6.07, 6.45) is 8.37. The summed E-state index contributed by atoms with van der Waals surface area (Å²) in [6.45, 7) is 7.91. The van der Waals surface area contributed by atoms with Gasteiger partial charge in [0, 0.05) is 27.6 Å². The summed E-state index contributed by atoms with van der Waals surface area (Å²) >= 11 is 0. The van der Waals surface area contributed by atoms with E-state index in [4.69, 9.17) is 9.98 Å². The number of allylic oxidation sites excluding steroid dienone is 2. The third kappa shape index (κ3) is 9.21. The van der Waals surface area contributed by atoms with Gasteiger partial charge >= 0.3 is 0 Å². The number of unbranched alkanes of at least 4 members (excludes halogenated alkanes) is 2. The molecule has 2 aromatic carbocycles. The average Bonchev–Trinajstić information content (AvgIpc) is 2.74. The summed E-state index contributed by atoms with van der Waals surface area (Å²) in [7, 11) is 0. The van der Waals surface area contributed by atoms with Crippen LogP contribution in [0.3, 0.4) is 0 Å². The molecule has 2 rings (SSSR count). The Morgan fingerprint density at radius 1 is 0.871 bits per heavy atom. The fraction of sp³-hybridized carbons (Fsp3) is 0.286. The fourth-order valence-corrected chi connectivity index (χ4v) is 3.03. The molecule has 0 unspecified atom stereocenters. The minimum atomic E-state index is 0. The molecule has 31 heavy (non-hydrogen) atoms. The molecule has 2 aromatic rings. The zero-order chi connectivity index (χ0) is 21.6. The maximum atomic E-state index is 4.99. The Hall–Kier alpha value is -2.87. The van der Waals surface area contributed by atoms with E-state index in [-0.39, 0.29) is 16.5 Å². The Bertz CT molecular complexity index is 1050. The molecule has 0 heterocycles. The molecule has 0 bridgehead atoms. The van der Waals surface area contributed by atoms with Crippen molar-refractivity contribution in [1.29, 1.82) is 0 Å². The van der Waals surface area contributed by atoms with E-state index in [9.17, 15) is 0 Å². The maximum Gasteiger partial charge on any atom is 0.0848 e. The van der Waals surface area contributed by atoms with Crippen LogP contribution in [-0.4, -0.2) is 11.4 Å². The van der Waals surface area contributed by atoms with Crippen molar-refractivity contribution < 1.29 is 16.5 Å². The first-order valence-electron chi connectivity index (χ1n) is 10.5. The van der Waals surface area contributed by atoms with E-state index >= 15 is 0 Å². The van der Waals surface area contributed by atoms with Crippen LogP contribution >= 0.6 is 0 Å². The Labute approximate surface area is 197 Å². The van der Waals surface area contributed by atoms with Crippen molar-refractivity contribution in [1.82, 2.24) is 0 Å². The largest absolute Gasteiger partial charge is 0.251 e. The number of hydrogen-bond donors (Lipinski definition) is 0. The summed E-state index contributed by atoms with van der Waals surface area (Å²) in [5.74, 6) is 12.1. The molecule has 0 atom stereocenters. The van der Waals surface area contributed by atoms with Crippen LogP contribution in [0.2, 0.25) is 0 Å². The molecule has 0 fully saturated rings. The first-order chi connectivity index (χ1) is 14.7. The second-order valence-corrected chi connectivity index (χ2v) is 6.86. The molecule has 0 radical (unpaired) electrons. The van der Waals surface area contributed by atoms with Gasteiger partial charge in [0.15, 0.2) is 0 Å². The van der Waals surface area contributed by atoms with Gasteiger partial charge in [0.25, 0.3) is 0 Å². The van der Waals surface area contributed by atoms with Crippen LogP contribution in [0.5, 0.6) is 0 Å². The smallest absolute Gasteiger partial charge is 0.0848 e. The van der Waals surface area contributed by atoms with Gasteiger partial charge in [-0.1, -0.05) is 49.8 Å². The van der Waals surface area contributed by atoms with Crippen LogP contribution < -0.4 is 0 Å². The average molecular weight is 453 g/mol. The van der Waals surface area contributed by atoms with Crippen LogP contribution in [0.15, 0.2) is 70.7 Å². The summed E-state index contributed by atoms with van der Waals surface area (Å²) in [6, 6.07) is 16.1. The van der Waals surface area contributed by atoms with Gasteiger partial charge in [-0.25, -0.2) is 4.99 Å². The van der Waals surface area contributed by atoms with Crippen LogP contribution in [0.4, 0.5) is 11.4 Å². The van der Waals surface area contributed by atoms with Crippen molar-refractivity contribution in [2.24, 2.45) is 9.98 Å². The van der Waals surface area contributed by atoms with Gasteiger partial charge in [-0.3, -0.25) is 4.99 Å². The van der Waals surface area contributed by atoms with Crippen molar-refractivity contribution in [2.75, 3.05) is 0 Å². The molecule has 162 valence electrons. The van der Waals surface area contributed by atoms with E-state index in [1.807, 2.05) is 81.5 Å². The topological polar surface area (TPSA) is 24.7 Å². The maximum absolute atomic E-state index is 4.99. The van der Waals surface area contributed by atoms with E-state index in [0.717, 1.165) is 46.8 Å². The molecule has 0 saturated carbocycles. The SMILES string of the molecule is CC#Cc1cccc(N=C(C=CC)C(CCCCC)=Nc2cccc(C#CC)c2)c1.[Ni]. The standard InChI is InChI=1S/C28H30N2.Ni/c1-5-9-10-20-28(30-26-19-12-17-24(22-26)14-7-3)27(15-8-4)29-25-18-11-16-23(21-25)13-6-2;/h8,11-12,15-19,21-22H,5,9-10,20H2,1-4H3;. The summed E-state index contributed by atoms with van der Waals surface area (Å²) in [4.78, 5) is 9.91. The molecule has 0 amide bonds. The third-order valence-corrected chi connectivity index (χ3v) is 4.38. The molecule has 0 spiro atoms. The molecule has 2 nitrogen and oxygen atoms in total. The van der Waals surface area contributed by atoms with E-state index in [1.165, 1.54) is 12.8 Å². The number of aliphatic imine (C=N–C) groups is 2. The molecular formula is C28H30N2Ni. The normalized spacial score (nSPS) is 11.2. The van der Waals surface area contributed by atoms with Gasteiger partial charge in [0.05, 0.1) is 22.8 Å². The van der Waals surface area contributed by atoms with Crippen LogP contribution in [-0.2, 0) is 16.5 Å². The van der Waals surface area contributed by atoms with Gasteiger partial charge in [0.2, 0.25) is 0 Å². The minimum Gasteiger partial charge on any atom is -0.251 e. The second kappa shape index (κ2) is 15.0. The molecule has 0 saturated heterocycles. The predicted octanol–water partition coefficient (Wildman–Crippen LogP) is 7.43. The fourth-order valence-electron chi connectivity index (χ4n) is 3.03. The molecule has 0 aliphatic carbocycles. The van der Waals surface area contributed by atoms with Crippen LogP contribution in [0, 0.1) is 23.7 Å². The molecule has 0 N–H and O–H groups in total.